The Morgan fingerprint density at radius 2 is 1.50 bits per heavy atom. The van der Waals surface area contributed by atoms with Crippen LogP contribution in [0, 0.1) is 24.7 Å². The van der Waals surface area contributed by atoms with Gasteiger partial charge in [-0.1, -0.05) is 12.8 Å². The van der Waals surface area contributed by atoms with E-state index < -0.39 is 0 Å². The van der Waals surface area contributed by atoms with Crippen molar-refractivity contribution in [3.05, 3.63) is 6.92 Å². The summed E-state index contributed by atoms with van der Waals surface area (Å²) in [5.74, 6) is 2.98. The predicted molar refractivity (Wildman–Crippen MR) is 34.3 cm³/mol. The van der Waals surface area contributed by atoms with Crippen LogP contribution in [0.1, 0.15) is 25.7 Å². The first-order chi connectivity index (χ1) is 3.89. The molecule has 0 nitrogen and oxygen atoms in total. The third kappa shape index (κ3) is 0.519. The number of hydrogen-bond donors (Lipinski definition) is 0. The molecule has 2 atom stereocenters. The van der Waals surface area contributed by atoms with Gasteiger partial charge in [-0.15, -0.1) is 0 Å². The van der Waals surface area contributed by atoms with E-state index in [1.165, 1.54) is 25.7 Å². The third-order valence-electron chi connectivity index (χ3n) is 2.83. The van der Waals surface area contributed by atoms with Crippen LogP contribution in [0.2, 0.25) is 0 Å². The summed E-state index contributed by atoms with van der Waals surface area (Å²) in [6, 6.07) is 0. The molecular weight excluding hydrogens is 96.1 g/mol. The molecular formula is C8H13. The van der Waals surface area contributed by atoms with Crippen LogP contribution in [0.4, 0.5) is 0 Å². The highest BCUT2D eigenvalue weighted by Crippen LogP contribution is 2.54. The highest BCUT2D eigenvalue weighted by Gasteiger charge is 2.46. The highest BCUT2D eigenvalue weighted by atomic mass is 14.5. The number of rotatable bonds is 0. The van der Waals surface area contributed by atoms with Crippen LogP contribution in [0.25, 0.3) is 0 Å². The molecule has 0 spiro atoms. The zero-order valence-electron chi connectivity index (χ0n) is 5.27. The molecule has 2 aliphatic rings. The van der Waals surface area contributed by atoms with Crippen molar-refractivity contribution >= 4 is 0 Å². The summed E-state index contributed by atoms with van der Waals surface area (Å²) in [5, 5.41) is 0. The van der Waals surface area contributed by atoms with E-state index in [1.54, 1.807) is 0 Å². The Balaban J connectivity index is 1.97. The molecule has 2 aliphatic carbocycles. The average Bonchev–Trinajstić information content (AvgIpc) is 2.46. The van der Waals surface area contributed by atoms with Crippen molar-refractivity contribution in [3.63, 3.8) is 0 Å². The van der Waals surface area contributed by atoms with Gasteiger partial charge in [0.05, 0.1) is 0 Å². The van der Waals surface area contributed by atoms with Gasteiger partial charge in [0.1, 0.15) is 0 Å². The van der Waals surface area contributed by atoms with Crippen molar-refractivity contribution in [3.8, 4) is 0 Å². The summed E-state index contributed by atoms with van der Waals surface area (Å²) >= 11 is 0. The van der Waals surface area contributed by atoms with Crippen LogP contribution in [-0.2, 0) is 0 Å². The molecule has 2 unspecified atom stereocenters. The molecule has 0 N–H and O–H groups in total. The Morgan fingerprint density at radius 3 is 1.88 bits per heavy atom. The number of fused-ring (bicyclic) bond motifs is 1. The predicted octanol–water partition coefficient (Wildman–Crippen LogP) is 2.26. The van der Waals surface area contributed by atoms with Gasteiger partial charge < -0.3 is 0 Å². The van der Waals surface area contributed by atoms with Gasteiger partial charge in [0, 0.05) is 0 Å². The Hall–Kier alpha value is 0. The molecule has 0 heteroatoms. The van der Waals surface area contributed by atoms with Gasteiger partial charge in [0.25, 0.3) is 0 Å². The van der Waals surface area contributed by atoms with Gasteiger partial charge in [0.2, 0.25) is 0 Å². The van der Waals surface area contributed by atoms with Crippen molar-refractivity contribution in [1.29, 1.82) is 0 Å². The highest BCUT2D eigenvalue weighted by molar-refractivity contribution is 4.99. The van der Waals surface area contributed by atoms with Gasteiger partial charge in [0.15, 0.2) is 0 Å². The Labute approximate surface area is 51.3 Å². The van der Waals surface area contributed by atoms with Crippen LogP contribution >= 0.6 is 0 Å². The molecule has 2 saturated carbocycles. The quantitative estimate of drug-likeness (QED) is 0.447. The first-order valence-corrected chi connectivity index (χ1v) is 3.72. The average molecular weight is 109 g/mol. The SMILES string of the molecule is [CH2]C1C2CCCCC12. The summed E-state index contributed by atoms with van der Waals surface area (Å²) in [4.78, 5) is 0. The fourth-order valence-corrected chi connectivity index (χ4v) is 2.14. The van der Waals surface area contributed by atoms with Crippen LogP contribution < -0.4 is 0 Å². The van der Waals surface area contributed by atoms with Crippen molar-refractivity contribution in [2.75, 3.05) is 0 Å². The second kappa shape index (κ2) is 1.49. The minimum Gasteiger partial charge on any atom is -0.0530 e. The second-order valence-electron chi connectivity index (χ2n) is 3.28. The van der Waals surface area contributed by atoms with E-state index in [0.717, 1.165) is 17.8 Å². The van der Waals surface area contributed by atoms with E-state index in [1.807, 2.05) is 0 Å². The van der Waals surface area contributed by atoms with Gasteiger partial charge >= 0.3 is 0 Å². The summed E-state index contributed by atoms with van der Waals surface area (Å²) in [5.41, 5.74) is 0. The first-order valence-electron chi connectivity index (χ1n) is 3.72. The molecule has 0 bridgehead atoms. The third-order valence-corrected chi connectivity index (χ3v) is 2.83. The molecule has 0 aromatic rings. The smallest absolute Gasteiger partial charge is 0.0352 e. The molecule has 8 heavy (non-hydrogen) atoms. The van der Waals surface area contributed by atoms with Crippen LogP contribution in [0.15, 0.2) is 0 Å². The summed E-state index contributed by atoms with van der Waals surface area (Å²) in [6.45, 7) is 4.09. The van der Waals surface area contributed by atoms with Crippen LogP contribution in [0.3, 0.4) is 0 Å². The zero-order valence-corrected chi connectivity index (χ0v) is 5.27. The summed E-state index contributed by atoms with van der Waals surface area (Å²) in [6.07, 6.45) is 5.93. The molecule has 0 saturated heterocycles. The molecule has 0 amide bonds. The molecule has 1 radical (unpaired) electrons. The van der Waals surface area contributed by atoms with E-state index in [2.05, 4.69) is 6.92 Å². The maximum absolute atomic E-state index is 4.09. The number of hydrogen-bond acceptors (Lipinski definition) is 0. The fourth-order valence-electron chi connectivity index (χ4n) is 2.14. The first kappa shape index (κ1) is 4.84. The monoisotopic (exact) mass is 109 g/mol. The molecule has 2 fully saturated rings. The van der Waals surface area contributed by atoms with Gasteiger partial charge in [-0.3, -0.25) is 0 Å². The van der Waals surface area contributed by atoms with E-state index in [9.17, 15) is 0 Å². The van der Waals surface area contributed by atoms with Gasteiger partial charge in [-0.05, 0) is 37.5 Å². The minimum atomic E-state index is 0.859. The minimum absolute atomic E-state index is 0.859. The van der Waals surface area contributed by atoms with E-state index in [4.69, 9.17) is 0 Å². The van der Waals surface area contributed by atoms with Crippen molar-refractivity contribution in [2.45, 2.75) is 25.7 Å². The zero-order chi connectivity index (χ0) is 5.56. The maximum Gasteiger partial charge on any atom is -0.0352 e. The molecule has 0 aliphatic heterocycles. The van der Waals surface area contributed by atoms with E-state index in [0.29, 0.717) is 0 Å². The summed E-state index contributed by atoms with van der Waals surface area (Å²) < 4.78 is 0. The largest absolute Gasteiger partial charge is 0.0530 e. The Morgan fingerprint density at radius 1 is 1.00 bits per heavy atom. The summed E-state index contributed by atoms with van der Waals surface area (Å²) in [7, 11) is 0. The molecule has 0 aromatic carbocycles. The standard InChI is InChI=1S/C8H13/c1-6-7-4-2-3-5-8(6)7/h6-8H,1-5H2. The van der Waals surface area contributed by atoms with Gasteiger partial charge in [-0.2, -0.15) is 0 Å². The van der Waals surface area contributed by atoms with Gasteiger partial charge in [-0.25, -0.2) is 0 Å². The van der Waals surface area contributed by atoms with Crippen molar-refractivity contribution in [1.82, 2.24) is 0 Å². The second-order valence-corrected chi connectivity index (χ2v) is 3.28. The maximum atomic E-state index is 4.09. The molecule has 45 valence electrons. The lowest BCUT2D eigenvalue weighted by atomic mass is 10.0. The fraction of sp³-hybridized carbons (Fsp3) is 0.875. The van der Waals surface area contributed by atoms with Crippen LogP contribution in [0.5, 0.6) is 0 Å². The lowest BCUT2D eigenvalue weighted by Gasteiger charge is -2.05. The van der Waals surface area contributed by atoms with E-state index >= 15 is 0 Å². The lowest BCUT2D eigenvalue weighted by molar-refractivity contribution is 0.480. The Bertz CT molecular complexity index is 84.2. The van der Waals surface area contributed by atoms with E-state index in [-0.39, 0.29) is 0 Å². The molecule has 2 rings (SSSR count). The van der Waals surface area contributed by atoms with Crippen molar-refractivity contribution < 1.29 is 0 Å². The Kier molecular flexibility index (Phi) is 0.902. The van der Waals surface area contributed by atoms with Crippen LogP contribution in [-0.4, -0.2) is 0 Å². The van der Waals surface area contributed by atoms with Crippen molar-refractivity contribution in [2.24, 2.45) is 17.8 Å². The normalized spacial score (nSPS) is 52.9. The molecule has 0 heterocycles. The lowest BCUT2D eigenvalue weighted by Crippen LogP contribution is -1.91. The molecule has 0 aromatic heterocycles. The topological polar surface area (TPSA) is 0 Å².